The predicted octanol–water partition coefficient (Wildman–Crippen LogP) is 14.4. The van der Waals surface area contributed by atoms with Crippen LogP contribution in [0.4, 0.5) is 17.1 Å². The molecule has 0 bridgehead atoms. The maximum Gasteiger partial charge on any atom is 0.0719 e. The Morgan fingerprint density at radius 2 is 0.881 bits per heavy atom. The average molecular weight is 753 g/mol. The van der Waals surface area contributed by atoms with Crippen molar-refractivity contribution in [1.82, 2.24) is 4.57 Å². The summed E-state index contributed by atoms with van der Waals surface area (Å²) in [6.07, 6.45) is 2.03. The van der Waals surface area contributed by atoms with Crippen LogP contribution >= 0.6 is 0 Å². The largest absolute Gasteiger partial charge is 0.310 e. The van der Waals surface area contributed by atoms with Gasteiger partial charge in [-0.25, -0.2) is 0 Å². The second kappa shape index (κ2) is 13.3. The molecule has 0 saturated carbocycles. The zero-order valence-electron chi connectivity index (χ0n) is 32.6. The van der Waals surface area contributed by atoms with Crippen molar-refractivity contribution in [2.75, 3.05) is 4.90 Å². The number of anilines is 3. The number of rotatable bonds is 5. The maximum atomic E-state index is 2.51. The molecule has 2 heteroatoms. The third-order valence-corrected chi connectivity index (χ3v) is 13.0. The Hall–Kier alpha value is -7.42. The molecule has 2 aliphatic rings. The zero-order chi connectivity index (χ0) is 38.9. The normalized spacial score (nSPS) is 13.4. The van der Waals surface area contributed by atoms with Crippen LogP contribution in [-0.4, -0.2) is 4.57 Å². The highest BCUT2D eigenvalue weighted by Gasteiger charge is 2.49. The number of hydrogen-bond acceptors (Lipinski definition) is 1. The summed E-state index contributed by atoms with van der Waals surface area (Å²) in [5.74, 6) is 0. The van der Waals surface area contributed by atoms with Crippen LogP contribution in [0.2, 0.25) is 0 Å². The van der Waals surface area contributed by atoms with Crippen molar-refractivity contribution in [1.29, 1.82) is 0 Å². The minimum atomic E-state index is -0.460. The average Bonchev–Trinajstić information content (AvgIpc) is 3.73. The van der Waals surface area contributed by atoms with Gasteiger partial charge in [-0.1, -0.05) is 164 Å². The summed E-state index contributed by atoms with van der Waals surface area (Å²) in [6, 6.07) is 81.1. The molecule has 0 atom stereocenters. The van der Waals surface area contributed by atoms with Crippen molar-refractivity contribution in [3.05, 3.63) is 252 Å². The molecule has 1 heterocycles. The molecule has 1 aromatic heterocycles. The van der Waals surface area contributed by atoms with Gasteiger partial charge in [0.2, 0.25) is 0 Å². The smallest absolute Gasteiger partial charge is 0.0719 e. The fraction of sp³-hybridized carbons (Fsp3) is 0.0526. The quantitative estimate of drug-likeness (QED) is 0.170. The number of hydrogen-bond donors (Lipinski definition) is 0. The molecule has 0 aliphatic heterocycles. The van der Waals surface area contributed by atoms with Crippen LogP contribution in [-0.2, 0) is 18.3 Å². The minimum Gasteiger partial charge on any atom is -0.310 e. The Bertz CT molecular complexity index is 3160. The van der Waals surface area contributed by atoms with E-state index in [1.807, 2.05) is 0 Å². The molecular weight excluding hydrogens is 713 g/mol. The number of para-hydroxylation sites is 2. The highest BCUT2D eigenvalue weighted by molar-refractivity contribution is 6.10. The highest BCUT2D eigenvalue weighted by atomic mass is 15.1. The van der Waals surface area contributed by atoms with Gasteiger partial charge in [-0.3, -0.25) is 0 Å². The van der Waals surface area contributed by atoms with E-state index in [1.165, 1.54) is 77.4 Å². The Balaban J connectivity index is 1.13. The van der Waals surface area contributed by atoms with E-state index in [0.717, 1.165) is 35.6 Å². The second-order valence-electron chi connectivity index (χ2n) is 16.0. The molecule has 1 spiro atoms. The molecular formula is C57H40N2. The fourth-order valence-corrected chi connectivity index (χ4v) is 10.4. The van der Waals surface area contributed by atoms with Crippen LogP contribution in [0.25, 0.3) is 49.7 Å². The number of benzene rings is 9. The Morgan fingerprint density at radius 3 is 1.63 bits per heavy atom. The van der Waals surface area contributed by atoms with Gasteiger partial charge >= 0.3 is 0 Å². The molecule has 0 radical (unpaired) electrons. The lowest BCUT2D eigenvalue weighted by Crippen LogP contribution is -2.30. The first kappa shape index (κ1) is 33.7. The molecule has 0 unspecified atom stereocenters. The SMILES string of the molecule is c1ccc(-c2ccc(N(c3ccc4c(c3)C3(c5ccccc5CCc5ccccc53)c3ccccc3-4)c3ccc4c5ccccc5n(-c5ccccc5)c4c3)cc2)cc1. The number of nitrogens with zero attached hydrogens (tertiary/aromatic N) is 2. The van der Waals surface area contributed by atoms with E-state index in [0.29, 0.717) is 0 Å². The van der Waals surface area contributed by atoms with E-state index in [9.17, 15) is 0 Å². The van der Waals surface area contributed by atoms with E-state index in [1.54, 1.807) is 0 Å². The Morgan fingerprint density at radius 1 is 0.356 bits per heavy atom. The van der Waals surface area contributed by atoms with Gasteiger partial charge in [0.1, 0.15) is 0 Å². The number of aromatic nitrogens is 1. The lowest BCUT2D eigenvalue weighted by molar-refractivity contribution is 0.762. The van der Waals surface area contributed by atoms with Crippen LogP contribution < -0.4 is 4.90 Å². The van der Waals surface area contributed by atoms with E-state index < -0.39 is 5.41 Å². The van der Waals surface area contributed by atoms with Crippen molar-refractivity contribution < 1.29 is 0 Å². The van der Waals surface area contributed by atoms with Gasteiger partial charge in [0.05, 0.1) is 16.4 Å². The monoisotopic (exact) mass is 752 g/mol. The van der Waals surface area contributed by atoms with Crippen LogP contribution in [0.3, 0.4) is 0 Å². The van der Waals surface area contributed by atoms with Gasteiger partial charge < -0.3 is 9.47 Å². The second-order valence-corrected chi connectivity index (χ2v) is 16.0. The molecule has 10 aromatic rings. The van der Waals surface area contributed by atoms with E-state index in [2.05, 4.69) is 228 Å². The Labute approximate surface area is 344 Å². The first-order valence-electron chi connectivity index (χ1n) is 20.7. The minimum absolute atomic E-state index is 0.460. The molecule has 0 amide bonds. The zero-order valence-corrected chi connectivity index (χ0v) is 32.6. The molecule has 12 rings (SSSR count). The van der Waals surface area contributed by atoms with Crippen LogP contribution in [0.15, 0.2) is 218 Å². The summed E-state index contributed by atoms with van der Waals surface area (Å²) in [5, 5.41) is 2.49. The van der Waals surface area contributed by atoms with E-state index >= 15 is 0 Å². The molecule has 59 heavy (non-hydrogen) atoms. The molecule has 278 valence electrons. The first-order valence-corrected chi connectivity index (χ1v) is 20.7. The topological polar surface area (TPSA) is 8.17 Å². The fourth-order valence-electron chi connectivity index (χ4n) is 10.4. The summed E-state index contributed by atoms with van der Waals surface area (Å²) >= 11 is 0. The van der Waals surface area contributed by atoms with E-state index in [-0.39, 0.29) is 0 Å². The maximum absolute atomic E-state index is 2.51. The number of fused-ring (bicyclic) bond motifs is 12. The predicted molar refractivity (Wildman–Crippen MR) is 246 cm³/mol. The third-order valence-electron chi connectivity index (χ3n) is 13.0. The molecule has 0 fully saturated rings. The molecule has 2 aliphatic carbocycles. The van der Waals surface area contributed by atoms with Crippen molar-refractivity contribution in [3.8, 4) is 27.9 Å². The number of aryl methyl sites for hydroxylation is 2. The summed E-state index contributed by atoms with van der Waals surface area (Å²) in [7, 11) is 0. The summed E-state index contributed by atoms with van der Waals surface area (Å²) in [6.45, 7) is 0. The van der Waals surface area contributed by atoms with Gasteiger partial charge in [0, 0.05) is 33.5 Å². The van der Waals surface area contributed by atoms with E-state index in [4.69, 9.17) is 0 Å². The van der Waals surface area contributed by atoms with Crippen molar-refractivity contribution >= 4 is 38.9 Å². The summed E-state index contributed by atoms with van der Waals surface area (Å²) in [5.41, 5.74) is 19.8. The third kappa shape index (κ3) is 5.06. The standard InChI is InChI=1S/C57H40N2/c1-3-15-39(16-4-1)40-29-31-44(32-30-40)58(46-34-36-50-49-22-10-14-26-55(49)59(56(50)38-46)43-19-5-2-6-20-43)45-33-35-48-47-21-9-13-25-53(47)57(54(48)37-45)51-23-11-7-17-41(51)27-28-42-18-8-12-24-52(42)57/h1-26,29-38H,27-28H2. The molecule has 0 N–H and O–H groups in total. The van der Waals surface area contributed by atoms with Crippen molar-refractivity contribution in [2.24, 2.45) is 0 Å². The van der Waals surface area contributed by atoms with Gasteiger partial charge in [-0.15, -0.1) is 0 Å². The Kier molecular flexibility index (Phi) is 7.61. The summed E-state index contributed by atoms with van der Waals surface area (Å²) < 4.78 is 2.42. The molecule has 0 saturated heterocycles. The van der Waals surface area contributed by atoms with Gasteiger partial charge in [0.15, 0.2) is 0 Å². The van der Waals surface area contributed by atoms with Crippen LogP contribution in [0.1, 0.15) is 33.4 Å². The molecule has 9 aromatic carbocycles. The van der Waals surface area contributed by atoms with Crippen LogP contribution in [0, 0.1) is 0 Å². The highest BCUT2D eigenvalue weighted by Crippen LogP contribution is 2.59. The van der Waals surface area contributed by atoms with Gasteiger partial charge in [-0.2, -0.15) is 0 Å². The van der Waals surface area contributed by atoms with Gasteiger partial charge in [0.25, 0.3) is 0 Å². The molecule has 2 nitrogen and oxygen atoms in total. The lowest BCUT2D eigenvalue weighted by atomic mass is 9.66. The van der Waals surface area contributed by atoms with Gasteiger partial charge in [-0.05, 0) is 123 Å². The van der Waals surface area contributed by atoms with Crippen molar-refractivity contribution in [3.63, 3.8) is 0 Å². The summed E-state index contributed by atoms with van der Waals surface area (Å²) in [4.78, 5) is 2.46. The first-order chi connectivity index (χ1) is 29.3. The lowest BCUT2D eigenvalue weighted by Gasteiger charge is -2.36. The van der Waals surface area contributed by atoms with Crippen molar-refractivity contribution in [2.45, 2.75) is 18.3 Å². The van der Waals surface area contributed by atoms with Crippen LogP contribution in [0.5, 0.6) is 0 Å².